The van der Waals surface area contributed by atoms with E-state index < -0.39 is 11.8 Å². The molecule has 0 spiro atoms. The van der Waals surface area contributed by atoms with Gasteiger partial charge in [0, 0.05) is 35.9 Å². The molecule has 6 nitrogen and oxygen atoms in total. The number of nitrogens with zero attached hydrogens (tertiary/aromatic N) is 2. The first-order chi connectivity index (χ1) is 14.1. The van der Waals surface area contributed by atoms with Crippen molar-refractivity contribution < 1.29 is 14.3 Å². The van der Waals surface area contributed by atoms with Gasteiger partial charge in [0.15, 0.2) is 5.11 Å². The van der Waals surface area contributed by atoms with Gasteiger partial charge >= 0.3 is 0 Å². The molecule has 3 rings (SSSR count). The zero-order valence-corrected chi connectivity index (χ0v) is 19.1. The molecule has 0 radical (unpaired) electrons. The Morgan fingerprint density at radius 3 is 2.67 bits per heavy atom. The maximum atomic E-state index is 12.9. The van der Waals surface area contributed by atoms with Crippen molar-refractivity contribution >= 4 is 40.9 Å². The Balaban J connectivity index is 2.12. The lowest BCUT2D eigenvalue weighted by atomic mass is 9.79. The number of thiocarbonyl (C=S) groups is 1. The molecule has 1 fully saturated rings. The number of hydrogen-bond acceptors (Lipinski definition) is 5. The molecule has 0 bridgehead atoms. The van der Waals surface area contributed by atoms with Gasteiger partial charge in [-0.3, -0.25) is 19.8 Å². The molecule has 160 valence electrons. The van der Waals surface area contributed by atoms with E-state index in [0.29, 0.717) is 17.2 Å². The molecule has 2 heterocycles. The molecule has 2 amide bonds. The van der Waals surface area contributed by atoms with E-state index >= 15 is 0 Å². The first kappa shape index (κ1) is 22.0. The minimum Gasteiger partial charge on any atom is -0.496 e. The molecule has 0 aliphatic carbocycles. The third-order valence-electron chi connectivity index (χ3n) is 5.85. The Morgan fingerprint density at radius 2 is 2.07 bits per heavy atom. The third-order valence-corrected chi connectivity index (χ3v) is 6.17. The van der Waals surface area contributed by atoms with Crippen molar-refractivity contribution in [2.75, 3.05) is 25.1 Å². The average Bonchev–Trinajstić information content (AvgIpc) is 2.67. The smallest absolute Gasteiger partial charge is 0.265 e. The first-order valence-electron chi connectivity index (χ1n) is 10.1. The summed E-state index contributed by atoms with van der Waals surface area (Å²) in [4.78, 5) is 29.1. The summed E-state index contributed by atoms with van der Waals surface area (Å²) in [5.74, 6) is 0.0115. The van der Waals surface area contributed by atoms with Crippen molar-refractivity contribution in [2.24, 2.45) is 0 Å². The molecule has 2 aliphatic heterocycles. The highest BCUT2D eigenvalue weighted by Crippen LogP contribution is 2.46. The quantitative estimate of drug-likeness (QED) is 0.337. The van der Waals surface area contributed by atoms with Crippen LogP contribution in [0.5, 0.6) is 5.75 Å². The topological polar surface area (TPSA) is 61.9 Å². The van der Waals surface area contributed by atoms with E-state index in [9.17, 15) is 9.59 Å². The van der Waals surface area contributed by atoms with Crippen molar-refractivity contribution in [3.05, 3.63) is 41.5 Å². The number of rotatable bonds is 5. The molecule has 0 aromatic heterocycles. The standard InChI is InChI=1S/C23H29N3O3S/c1-7-9-25-21(28)17(20(27)24-22(25)30)11-15-10-16-14(3)13-23(4,5)26(8-2)18(16)12-19(15)29-6/h7,10-12,14H,1,8-9,13H2,2-6H3,(H,24,27,30)/b17-11+. The average molecular weight is 428 g/mol. The molecule has 1 aromatic carbocycles. The minimum absolute atomic E-state index is 0.0276. The van der Waals surface area contributed by atoms with Gasteiger partial charge in [-0.1, -0.05) is 13.0 Å². The van der Waals surface area contributed by atoms with Gasteiger partial charge in [0.05, 0.1) is 7.11 Å². The van der Waals surface area contributed by atoms with Crippen LogP contribution in [-0.2, 0) is 9.59 Å². The molecule has 1 unspecified atom stereocenters. The van der Waals surface area contributed by atoms with E-state index in [1.165, 1.54) is 10.5 Å². The van der Waals surface area contributed by atoms with Gasteiger partial charge in [-0.05, 0) is 63.0 Å². The first-order valence-corrected chi connectivity index (χ1v) is 10.5. The molecule has 1 aromatic rings. The summed E-state index contributed by atoms with van der Waals surface area (Å²) >= 11 is 5.12. The Morgan fingerprint density at radius 1 is 1.37 bits per heavy atom. The summed E-state index contributed by atoms with van der Waals surface area (Å²) < 4.78 is 5.65. The van der Waals surface area contributed by atoms with Crippen LogP contribution in [0.2, 0.25) is 0 Å². The highest BCUT2D eigenvalue weighted by Gasteiger charge is 2.37. The van der Waals surface area contributed by atoms with E-state index in [1.807, 2.05) is 12.1 Å². The summed E-state index contributed by atoms with van der Waals surface area (Å²) in [5.41, 5.74) is 3.08. The largest absolute Gasteiger partial charge is 0.496 e. The fourth-order valence-corrected chi connectivity index (χ4v) is 4.81. The fraction of sp³-hybridized carbons (Fsp3) is 0.435. The number of hydrogen-bond donors (Lipinski definition) is 1. The van der Waals surface area contributed by atoms with E-state index in [4.69, 9.17) is 17.0 Å². The van der Waals surface area contributed by atoms with Crippen LogP contribution in [0.25, 0.3) is 6.08 Å². The summed E-state index contributed by atoms with van der Waals surface area (Å²) in [6.07, 6.45) is 4.18. The van der Waals surface area contributed by atoms with Gasteiger partial charge in [0.25, 0.3) is 11.8 Å². The zero-order chi connectivity index (χ0) is 22.2. The number of fused-ring (bicyclic) bond motifs is 1. The number of ether oxygens (including phenoxy) is 1. The Labute approximate surface area is 183 Å². The fourth-order valence-electron chi connectivity index (χ4n) is 4.56. The van der Waals surface area contributed by atoms with Crippen LogP contribution in [0.3, 0.4) is 0 Å². The summed E-state index contributed by atoms with van der Waals surface area (Å²) in [5, 5.41) is 2.67. The van der Waals surface area contributed by atoms with Gasteiger partial charge in [0.1, 0.15) is 11.3 Å². The third kappa shape index (κ3) is 3.74. The van der Waals surface area contributed by atoms with Crippen molar-refractivity contribution in [1.82, 2.24) is 10.2 Å². The molecular formula is C23H29N3O3S. The van der Waals surface area contributed by atoms with Gasteiger partial charge in [0.2, 0.25) is 0 Å². The van der Waals surface area contributed by atoms with E-state index in [0.717, 1.165) is 18.7 Å². The van der Waals surface area contributed by atoms with Crippen molar-refractivity contribution in [3.8, 4) is 5.75 Å². The van der Waals surface area contributed by atoms with Crippen molar-refractivity contribution in [2.45, 2.75) is 45.6 Å². The molecule has 1 N–H and O–H groups in total. The molecule has 1 atom stereocenters. The summed E-state index contributed by atoms with van der Waals surface area (Å²) in [6.45, 7) is 13.6. The number of methoxy groups -OCH3 is 1. The van der Waals surface area contributed by atoms with Crippen LogP contribution in [0.15, 0.2) is 30.4 Å². The summed E-state index contributed by atoms with van der Waals surface area (Å²) in [6, 6.07) is 4.05. The normalized spacial score (nSPS) is 22.1. The minimum atomic E-state index is -0.505. The lowest BCUT2D eigenvalue weighted by Crippen LogP contribution is -2.53. The number of benzene rings is 1. The Bertz CT molecular complexity index is 951. The predicted octanol–water partition coefficient (Wildman–Crippen LogP) is 3.62. The Kier molecular flexibility index (Phi) is 6.04. The van der Waals surface area contributed by atoms with Crippen LogP contribution >= 0.6 is 12.2 Å². The van der Waals surface area contributed by atoms with Gasteiger partial charge in [-0.25, -0.2) is 0 Å². The summed E-state index contributed by atoms with van der Waals surface area (Å²) in [7, 11) is 1.60. The number of amides is 2. The second-order valence-electron chi connectivity index (χ2n) is 8.34. The maximum Gasteiger partial charge on any atom is 0.265 e. The van der Waals surface area contributed by atoms with Crippen LogP contribution in [0.4, 0.5) is 5.69 Å². The molecule has 7 heteroatoms. The van der Waals surface area contributed by atoms with Gasteiger partial charge < -0.3 is 9.64 Å². The van der Waals surface area contributed by atoms with Crippen LogP contribution in [0.1, 0.15) is 51.2 Å². The van der Waals surface area contributed by atoms with Crippen LogP contribution in [0, 0.1) is 0 Å². The number of anilines is 1. The van der Waals surface area contributed by atoms with Crippen LogP contribution < -0.4 is 15.0 Å². The molecule has 2 aliphatic rings. The molecule has 0 saturated carbocycles. The Hall–Kier alpha value is -2.67. The number of carbonyl (C=O) groups excluding carboxylic acids is 2. The van der Waals surface area contributed by atoms with Crippen LogP contribution in [-0.4, -0.2) is 47.6 Å². The molecular weight excluding hydrogens is 398 g/mol. The predicted molar refractivity (Wildman–Crippen MR) is 124 cm³/mol. The highest BCUT2D eigenvalue weighted by molar-refractivity contribution is 7.80. The molecule has 30 heavy (non-hydrogen) atoms. The van der Waals surface area contributed by atoms with Gasteiger partial charge in [-0.15, -0.1) is 6.58 Å². The lowest BCUT2D eigenvalue weighted by molar-refractivity contribution is -0.128. The van der Waals surface area contributed by atoms with Gasteiger partial charge in [-0.2, -0.15) is 0 Å². The molecule has 1 saturated heterocycles. The lowest BCUT2D eigenvalue weighted by Gasteiger charge is -2.47. The zero-order valence-electron chi connectivity index (χ0n) is 18.2. The number of carbonyl (C=O) groups is 2. The number of nitrogens with one attached hydrogen (secondary N) is 1. The van der Waals surface area contributed by atoms with E-state index in [-0.39, 0.29) is 22.8 Å². The van der Waals surface area contributed by atoms with E-state index in [2.05, 4.69) is 44.5 Å². The second-order valence-corrected chi connectivity index (χ2v) is 8.72. The maximum absolute atomic E-state index is 12.9. The van der Waals surface area contributed by atoms with Crippen molar-refractivity contribution in [1.29, 1.82) is 0 Å². The second kappa shape index (κ2) is 8.22. The highest BCUT2D eigenvalue weighted by atomic mass is 32.1. The SMILES string of the molecule is C=CCN1C(=O)/C(=C/c2cc3c(cc2OC)N(CC)C(C)(C)CC3C)C(=O)NC1=S. The van der Waals surface area contributed by atoms with E-state index in [1.54, 1.807) is 19.3 Å². The monoisotopic (exact) mass is 427 g/mol. The van der Waals surface area contributed by atoms with Crippen molar-refractivity contribution in [3.63, 3.8) is 0 Å².